The molecule has 0 heterocycles. The van der Waals surface area contributed by atoms with Gasteiger partial charge in [0.2, 0.25) is 0 Å². The van der Waals surface area contributed by atoms with Crippen molar-refractivity contribution in [1.29, 1.82) is 0 Å². The monoisotopic (exact) mass is 820 g/mol. The largest absolute Gasteiger partial charge is 0.549 e. The van der Waals surface area contributed by atoms with Gasteiger partial charge in [-0.2, -0.15) is 14.4 Å². The predicted octanol–water partition coefficient (Wildman–Crippen LogP) is 5.60. The van der Waals surface area contributed by atoms with E-state index in [1.165, 1.54) is 97.3 Å². The summed E-state index contributed by atoms with van der Waals surface area (Å²) in [5.74, 6) is -1.97. The smallest absolute Gasteiger partial charge is 0.497 e. The number of hydrogen-bond acceptors (Lipinski definition) is 21. The van der Waals surface area contributed by atoms with E-state index in [0.29, 0.717) is 6.42 Å². The Morgan fingerprint density at radius 2 is 0.638 bits per heavy atom. The van der Waals surface area contributed by atoms with Crippen molar-refractivity contribution in [2.45, 2.75) is 19.8 Å². The molecule has 0 unspecified atom stereocenters. The Morgan fingerprint density at radius 3 is 0.845 bits per heavy atom. The summed E-state index contributed by atoms with van der Waals surface area (Å²) in [6, 6.07) is 12.2. The molecule has 0 aliphatic carbocycles. The minimum atomic E-state index is -1.61. The molecule has 0 spiro atoms. The molecule has 0 atom stereocenters. The normalized spacial score (nSPS) is 10.4. The zero-order valence-corrected chi connectivity index (χ0v) is 32.3. The average Bonchev–Trinajstić information content (AvgIpc) is 3.25. The third kappa shape index (κ3) is 13.8. The van der Waals surface area contributed by atoms with Crippen LogP contribution < -0.4 is 28.4 Å². The fraction of sp³-hybridized carbons (Fsp3) is 0.351. The molecule has 21 heteroatoms. The number of ether oxygens (including phenoxy) is 9. The zero-order valence-electron chi connectivity index (χ0n) is 32.3. The van der Waals surface area contributed by atoms with Gasteiger partial charge in [-0.3, -0.25) is 0 Å². The molecule has 3 aromatic carbocycles. The van der Waals surface area contributed by atoms with Gasteiger partial charge in [0.15, 0.2) is 0 Å². The van der Waals surface area contributed by atoms with Crippen molar-refractivity contribution >= 4 is 36.4 Å². The van der Waals surface area contributed by atoms with Crippen LogP contribution in [0.2, 0.25) is 0 Å². The van der Waals surface area contributed by atoms with E-state index in [-0.39, 0.29) is 57.6 Å². The molecule has 0 radical (unpaired) electrons. The maximum Gasteiger partial charge on any atom is 0.549 e. The van der Waals surface area contributed by atoms with E-state index in [0.717, 1.165) is 0 Å². The van der Waals surface area contributed by atoms with Gasteiger partial charge in [-0.05, 0) is 42.8 Å². The molecule has 0 fully saturated rings. The van der Waals surface area contributed by atoms with Gasteiger partial charge < -0.3 is 42.6 Å². The van der Waals surface area contributed by atoms with Gasteiger partial charge >= 0.3 is 36.4 Å². The van der Waals surface area contributed by atoms with Crippen LogP contribution >= 0.6 is 0 Å². The minimum Gasteiger partial charge on any atom is -0.497 e. The van der Waals surface area contributed by atoms with Gasteiger partial charge in [-0.25, -0.2) is 43.7 Å². The summed E-state index contributed by atoms with van der Waals surface area (Å²) in [5.41, 5.74) is -1.94. The summed E-state index contributed by atoms with van der Waals surface area (Å²) in [6.07, 6.45) is -4.34. The first-order chi connectivity index (χ1) is 27.8. The van der Waals surface area contributed by atoms with Crippen LogP contribution in [0.4, 0.5) is 14.4 Å². The second-order valence-electron chi connectivity index (χ2n) is 11.5. The maximum atomic E-state index is 12.6. The highest BCUT2D eigenvalue weighted by molar-refractivity contribution is 5.91. The Morgan fingerprint density at radius 1 is 0.397 bits per heavy atom. The molecule has 58 heavy (non-hydrogen) atoms. The number of rotatable bonds is 17. The minimum absolute atomic E-state index is 0.00296. The summed E-state index contributed by atoms with van der Waals surface area (Å²) in [5, 5.41) is 0. The molecule has 0 amide bonds. The number of methoxy groups -OCH3 is 6. The molecule has 21 nitrogen and oxygen atoms in total. The van der Waals surface area contributed by atoms with Crippen molar-refractivity contribution in [3.8, 4) is 34.5 Å². The molecule has 3 rings (SSSR count). The van der Waals surface area contributed by atoms with Crippen LogP contribution in [-0.4, -0.2) is 98.9 Å². The van der Waals surface area contributed by atoms with Crippen molar-refractivity contribution in [3.63, 3.8) is 0 Å². The molecule has 314 valence electrons. The SMILES string of the molecule is CCCC(COC(=O)OOC(=O)c1cc(OC)cc(OC)c1)(COC(=O)OOC(=O)c1cc(OC)cc(OC)c1)COC(=O)OOC(=O)c1cc(OC)cc(OC)c1. The van der Waals surface area contributed by atoms with Crippen LogP contribution in [0.3, 0.4) is 0 Å². The second-order valence-corrected chi connectivity index (χ2v) is 11.5. The van der Waals surface area contributed by atoms with Gasteiger partial charge in [0.05, 0.1) is 64.8 Å². The maximum absolute atomic E-state index is 12.6. The molecule has 0 aliphatic rings. The number of hydrogen-bond donors (Lipinski definition) is 0. The summed E-state index contributed by atoms with van der Waals surface area (Å²) >= 11 is 0. The Labute approximate surface area is 330 Å². The van der Waals surface area contributed by atoms with E-state index in [1.807, 2.05) is 0 Å². The van der Waals surface area contributed by atoms with Crippen molar-refractivity contribution in [3.05, 3.63) is 71.3 Å². The van der Waals surface area contributed by atoms with Gasteiger partial charge in [0.25, 0.3) is 0 Å². The Balaban J connectivity index is 1.70. The van der Waals surface area contributed by atoms with Crippen LogP contribution in [-0.2, 0) is 43.5 Å². The van der Waals surface area contributed by atoms with E-state index in [9.17, 15) is 28.8 Å². The van der Waals surface area contributed by atoms with Gasteiger partial charge in [-0.15, -0.1) is 0 Å². The van der Waals surface area contributed by atoms with Crippen LogP contribution in [0, 0.1) is 5.41 Å². The van der Waals surface area contributed by atoms with Gasteiger partial charge in [-0.1, -0.05) is 13.3 Å². The lowest BCUT2D eigenvalue weighted by molar-refractivity contribution is -0.217. The fourth-order valence-electron chi connectivity index (χ4n) is 4.72. The summed E-state index contributed by atoms with van der Waals surface area (Å²) in [6.45, 7) is -0.491. The average molecular weight is 821 g/mol. The Kier molecular flexibility index (Phi) is 17.3. The molecule has 0 aliphatic heterocycles. The standard InChI is InChI=1S/C37H40O21/c1-8-9-37(19-50-34(41)56-53-31(38)22-10-25(44-2)16-26(11-22)45-3,20-51-35(42)57-54-32(39)23-12-27(46-4)17-28(13-23)47-5)21-52-36(43)58-55-33(40)24-14-29(48-6)18-30(15-24)49-7/h10-18H,8-9,19-21H2,1-7H3. The topological polar surface area (TPSA) is 241 Å². The molecule has 0 saturated carbocycles. The molecular formula is C37H40O21. The first-order valence-electron chi connectivity index (χ1n) is 16.7. The third-order valence-electron chi connectivity index (χ3n) is 7.59. The quantitative estimate of drug-likeness (QED) is 0.0696. The molecule has 0 saturated heterocycles. The Bertz CT molecular complexity index is 1630. The lowest BCUT2D eigenvalue weighted by atomic mass is 9.86. The van der Waals surface area contributed by atoms with E-state index in [1.54, 1.807) is 6.92 Å². The molecule has 0 N–H and O–H groups in total. The predicted molar refractivity (Wildman–Crippen MR) is 190 cm³/mol. The number of benzene rings is 3. The van der Waals surface area contributed by atoms with Crippen molar-refractivity contribution in [1.82, 2.24) is 0 Å². The molecular weight excluding hydrogens is 780 g/mol. The summed E-state index contributed by atoms with van der Waals surface area (Å²) in [7, 11) is 8.12. The van der Waals surface area contributed by atoms with Crippen LogP contribution in [0.5, 0.6) is 34.5 Å². The molecule has 0 aromatic heterocycles. The highest BCUT2D eigenvalue weighted by Gasteiger charge is 2.37. The first kappa shape index (κ1) is 45.1. The van der Waals surface area contributed by atoms with Crippen LogP contribution in [0.15, 0.2) is 54.6 Å². The van der Waals surface area contributed by atoms with E-state index in [4.69, 9.17) is 42.6 Å². The van der Waals surface area contributed by atoms with E-state index in [2.05, 4.69) is 29.3 Å². The lowest BCUT2D eigenvalue weighted by Crippen LogP contribution is -2.40. The van der Waals surface area contributed by atoms with Crippen molar-refractivity contribution in [2.24, 2.45) is 5.41 Å². The van der Waals surface area contributed by atoms with Crippen molar-refractivity contribution in [2.75, 3.05) is 62.5 Å². The summed E-state index contributed by atoms with van der Waals surface area (Å²) in [4.78, 5) is 103. The van der Waals surface area contributed by atoms with Gasteiger partial charge in [0, 0.05) is 18.2 Å². The molecule has 0 bridgehead atoms. The molecule has 3 aromatic rings. The van der Waals surface area contributed by atoms with E-state index < -0.39 is 61.6 Å². The number of carbonyl (C=O) groups is 6. The zero-order chi connectivity index (χ0) is 42.7. The van der Waals surface area contributed by atoms with Crippen LogP contribution in [0.1, 0.15) is 50.8 Å². The Hall–Kier alpha value is -7.32. The number of carbonyl (C=O) groups excluding carboxylic acids is 6. The fourth-order valence-corrected chi connectivity index (χ4v) is 4.72. The highest BCUT2D eigenvalue weighted by atomic mass is 17.2. The van der Waals surface area contributed by atoms with Gasteiger partial charge in [0.1, 0.15) is 54.3 Å². The summed E-state index contributed by atoms with van der Waals surface area (Å²) < 4.78 is 46.0. The lowest BCUT2D eigenvalue weighted by Gasteiger charge is -2.30. The van der Waals surface area contributed by atoms with Crippen LogP contribution in [0.25, 0.3) is 0 Å². The van der Waals surface area contributed by atoms with E-state index >= 15 is 0 Å². The first-order valence-corrected chi connectivity index (χ1v) is 16.7. The second kappa shape index (κ2) is 22.3. The van der Waals surface area contributed by atoms with Crippen molar-refractivity contribution < 1.29 is 101 Å². The highest BCUT2D eigenvalue weighted by Crippen LogP contribution is 2.29. The third-order valence-corrected chi connectivity index (χ3v) is 7.59.